The molecule has 30 heavy (non-hydrogen) atoms. The van der Waals surface area contributed by atoms with Crippen LogP contribution in [-0.4, -0.2) is 49.8 Å². The molecule has 1 fully saturated rings. The van der Waals surface area contributed by atoms with Crippen LogP contribution in [0.1, 0.15) is 31.9 Å². The summed E-state index contributed by atoms with van der Waals surface area (Å²) in [6.07, 6.45) is 10.7. The van der Waals surface area contributed by atoms with Gasteiger partial charge in [0.2, 0.25) is 0 Å². The number of halogens is 1. The fourth-order valence-electron chi connectivity index (χ4n) is 3.86. The van der Waals surface area contributed by atoms with Crippen molar-refractivity contribution in [2.75, 3.05) is 19.6 Å². The Labute approximate surface area is 195 Å². The highest BCUT2D eigenvalue weighted by Gasteiger charge is 2.28. The summed E-state index contributed by atoms with van der Waals surface area (Å²) in [7, 11) is 0. The van der Waals surface area contributed by atoms with E-state index in [0.29, 0.717) is 18.5 Å². The van der Waals surface area contributed by atoms with Crippen molar-refractivity contribution in [1.29, 1.82) is 0 Å². The molecule has 160 valence electrons. The smallest absolute Gasteiger partial charge is 0.194 e. The van der Waals surface area contributed by atoms with E-state index in [2.05, 4.69) is 69.2 Å². The average Bonchev–Trinajstić information content (AvgIpc) is 3.46. The lowest BCUT2D eigenvalue weighted by Crippen LogP contribution is -2.49. The zero-order valence-electron chi connectivity index (χ0n) is 17.6. The molecule has 0 radical (unpaired) electrons. The zero-order valence-corrected chi connectivity index (χ0v) is 19.9. The molecule has 2 unspecified atom stereocenters. The van der Waals surface area contributed by atoms with Crippen molar-refractivity contribution >= 4 is 29.9 Å². The van der Waals surface area contributed by atoms with E-state index in [-0.39, 0.29) is 24.0 Å². The summed E-state index contributed by atoms with van der Waals surface area (Å²) in [5.74, 6) is 1.61. The molecule has 7 nitrogen and oxygen atoms in total. The standard InChI is InChI=1S/C22H29N7.HI/c1-3-24-22(27-13-9-18(2)21(16-27)28-14-11-23-17-28)25-15-19-5-7-20(8-6-19)29-12-4-10-26-29;/h4-8,10-12,14,17-18,21H,3,9,13,15-16H2,1-2H3,(H,24,25);1H. The Hall–Kier alpha value is -2.36. The molecule has 1 saturated heterocycles. The number of hydrogen-bond donors (Lipinski definition) is 1. The fraction of sp³-hybridized carbons (Fsp3) is 0.409. The Morgan fingerprint density at radius 1 is 1.20 bits per heavy atom. The monoisotopic (exact) mass is 519 g/mol. The molecule has 0 bridgehead atoms. The minimum Gasteiger partial charge on any atom is -0.357 e. The van der Waals surface area contributed by atoms with Crippen molar-refractivity contribution < 1.29 is 0 Å². The quantitative estimate of drug-likeness (QED) is 0.317. The first-order valence-electron chi connectivity index (χ1n) is 10.3. The molecule has 1 aromatic carbocycles. The van der Waals surface area contributed by atoms with Crippen molar-refractivity contribution in [3.8, 4) is 5.69 Å². The van der Waals surface area contributed by atoms with E-state index in [1.807, 2.05) is 29.5 Å². The van der Waals surface area contributed by atoms with Gasteiger partial charge in [-0.15, -0.1) is 24.0 Å². The molecule has 0 aliphatic carbocycles. The number of nitrogens with one attached hydrogen (secondary N) is 1. The second-order valence-electron chi connectivity index (χ2n) is 7.58. The summed E-state index contributed by atoms with van der Waals surface area (Å²) in [5, 5.41) is 7.75. The Morgan fingerprint density at radius 3 is 2.70 bits per heavy atom. The van der Waals surface area contributed by atoms with Crippen LogP contribution >= 0.6 is 24.0 Å². The number of rotatable bonds is 5. The molecule has 0 saturated carbocycles. The van der Waals surface area contributed by atoms with Gasteiger partial charge in [-0.25, -0.2) is 14.7 Å². The second kappa shape index (κ2) is 10.6. The normalized spacial score (nSPS) is 19.4. The summed E-state index contributed by atoms with van der Waals surface area (Å²) >= 11 is 0. The fourth-order valence-corrected chi connectivity index (χ4v) is 3.86. The van der Waals surface area contributed by atoms with Crippen LogP contribution in [0, 0.1) is 5.92 Å². The lowest BCUT2D eigenvalue weighted by molar-refractivity contribution is 0.189. The third kappa shape index (κ3) is 5.21. The van der Waals surface area contributed by atoms with Gasteiger partial charge < -0.3 is 14.8 Å². The first-order valence-corrected chi connectivity index (χ1v) is 10.3. The number of benzene rings is 1. The van der Waals surface area contributed by atoms with Crippen LogP contribution < -0.4 is 5.32 Å². The molecule has 8 heteroatoms. The van der Waals surface area contributed by atoms with Crippen LogP contribution in [0.4, 0.5) is 0 Å². The third-order valence-electron chi connectivity index (χ3n) is 5.58. The van der Waals surface area contributed by atoms with Crippen molar-refractivity contribution in [3.63, 3.8) is 0 Å². The highest BCUT2D eigenvalue weighted by Crippen LogP contribution is 2.27. The maximum atomic E-state index is 4.92. The lowest BCUT2D eigenvalue weighted by atomic mass is 9.93. The highest BCUT2D eigenvalue weighted by atomic mass is 127. The third-order valence-corrected chi connectivity index (χ3v) is 5.58. The number of imidazole rings is 1. The van der Waals surface area contributed by atoms with Crippen molar-refractivity contribution in [3.05, 3.63) is 67.0 Å². The molecule has 0 amide bonds. The summed E-state index contributed by atoms with van der Waals surface area (Å²) in [4.78, 5) is 11.5. The summed E-state index contributed by atoms with van der Waals surface area (Å²) in [5.41, 5.74) is 2.25. The number of guanidine groups is 1. The van der Waals surface area contributed by atoms with Crippen molar-refractivity contribution in [2.24, 2.45) is 10.9 Å². The predicted molar refractivity (Wildman–Crippen MR) is 130 cm³/mol. The SMILES string of the molecule is CCNC(=NCc1ccc(-n2cccn2)cc1)N1CCC(C)C(n2ccnc2)C1.I. The van der Waals surface area contributed by atoms with Gasteiger partial charge in [-0.05, 0) is 43.0 Å². The van der Waals surface area contributed by atoms with E-state index >= 15 is 0 Å². The molecule has 2 atom stereocenters. The van der Waals surface area contributed by atoms with Crippen LogP contribution in [-0.2, 0) is 6.54 Å². The van der Waals surface area contributed by atoms with Crippen LogP contribution in [0.5, 0.6) is 0 Å². The molecular weight excluding hydrogens is 489 g/mol. The molecule has 0 spiro atoms. The van der Waals surface area contributed by atoms with Gasteiger partial charge in [0.05, 0.1) is 24.6 Å². The molecule has 1 aliphatic heterocycles. The molecule has 3 heterocycles. The Kier molecular flexibility index (Phi) is 7.89. The van der Waals surface area contributed by atoms with Gasteiger partial charge >= 0.3 is 0 Å². The van der Waals surface area contributed by atoms with Gasteiger partial charge in [0, 0.05) is 44.4 Å². The van der Waals surface area contributed by atoms with Gasteiger partial charge in [-0.3, -0.25) is 0 Å². The van der Waals surface area contributed by atoms with Crippen LogP contribution in [0.15, 0.2) is 66.4 Å². The van der Waals surface area contributed by atoms with Crippen LogP contribution in [0.2, 0.25) is 0 Å². The Bertz CT molecular complexity index is 904. The van der Waals surface area contributed by atoms with Gasteiger partial charge in [-0.2, -0.15) is 5.10 Å². The number of aromatic nitrogens is 4. The van der Waals surface area contributed by atoms with E-state index in [9.17, 15) is 0 Å². The van der Waals surface area contributed by atoms with E-state index in [0.717, 1.165) is 37.7 Å². The van der Waals surface area contributed by atoms with Gasteiger partial charge in [-0.1, -0.05) is 19.1 Å². The zero-order chi connectivity index (χ0) is 20.1. The summed E-state index contributed by atoms with van der Waals surface area (Å²) < 4.78 is 4.09. The molecule has 3 aromatic rings. The molecule has 1 N–H and O–H groups in total. The van der Waals surface area contributed by atoms with E-state index in [1.165, 1.54) is 5.56 Å². The number of piperidine rings is 1. The van der Waals surface area contributed by atoms with Crippen LogP contribution in [0.3, 0.4) is 0 Å². The first-order chi connectivity index (χ1) is 14.2. The Morgan fingerprint density at radius 2 is 2.03 bits per heavy atom. The molecule has 1 aliphatic rings. The van der Waals surface area contributed by atoms with Crippen molar-refractivity contribution in [1.82, 2.24) is 29.5 Å². The predicted octanol–water partition coefficient (Wildman–Crippen LogP) is 3.74. The minimum absolute atomic E-state index is 0. The largest absolute Gasteiger partial charge is 0.357 e. The van der Waals surface area contributed by atoms with Gasteiger partial charge in [0.15, 0.2) is 5.96 Å². The second-order valence-corrected chi connectivity index (χ2v) is 7.58. The molecule has 2 aromatic heterocycles. The Balaban J connectivity index is 0.00000256. The topological polar surface area (TPSA) is 63.3 Å². The summed E-state index contributed by atoms with van der Waals surface area (Å²) in [6.45, 7) is 7.93. The number of nitrogens with zero attached hydrogens (tertiary/aromatic N) is 6. The lowest BCUT2D eigenvalue weighted by Gasteiger charge is -2.39. The van der Waals surface area contributed by atoms with E-state index in [1.54, 1.807) is 6.20 Å². The highest BCUT2D eigenvalue weighted by molar-refractivity contribution is 14.0. The van der Waals surface area contributed by atoms with Crippen LogP contribution in [0.25, 0.3) is 5.69 Å². The number of aliphatic imine (C=N–C) groups is 1. The number of hydrogen-bond acceptors (Lipinski definition) is 3. The van der Waals surface area contributed by atoms with E-state index < -0.39 is 0 Å². The maximum absolute atomic E-state index is 4.92. The molecule has 4 rings (SSSR count). The maximum Gasteiger partial charge on any atom is 0.194 e. The van der Waals surface area contributed by atoms with Crippen molar-refractivity contribution in [2.45, 2.75) is 32.9 Å². The van der Waals surface area contributed by atoms with E-state index in [4.69, 9.17) is 4.99 Å². The summed E-state index contributed by atoms with van der Waals surface area (Å²) in [6, 6.07) is 10.8. The number of likely N-dealkylation sites (tertiary alicyclic amines) is 1. The van der Waals surface area contributed by atoms with Gasteiger partial charge in [0.25, 0.3) is 0 Å². The average molecular weight is 519 g/mol. The first kappa shape index (κ1) is 22.3. The van der Waals surface area contributed by atoms with Gasteiger partial charge in [0.1, 0.15) is 0 Å². The molecular formula is C22H30IN7. The minimum atomic E-state index is 0.